The van der Waals surface area contributed by atoms with Gasteiger partial charge in [0.2, 0.25) is 0 Å². The van der Waals surface area contributed by atoms with E-state index < -0.39 is 29.8 Å². The summed E-state index contributed by atoms with van der Waals surface area (Å²) in [4.78, 5) is 23.2. The molecule has 0 spiro atoms. The van der Waals surface area contributed by atoms with Gasteiger partial charge in [0.25, 0.3) is 0 Å². The van der Waals surface area contributed by atoms with Crippen molar-refractivity contribution in [2.45, 2.75) is 44.9 Å². The molecule has 24 heavy (non-hydrogen) atoms. The maximum atomic E-state index is 12.0. The summed E-state index contributed by atoms with van der Waals surface area (Å²) < 4.78 is 9.72. The summed E-state index contributed by atoms with van der Waals surface area (Å²) in [7, 11) is 1.25. The van der Waals surface area contributed by atoms with Crippen LogP contribution >= 0.6 is 0 Å². The van der Waals surface area contributed by atoms with E-state index in [4.69, 9.17) is 4.74 Å². The zero-order valence-electron chi connectivity index (χ0n) is 14.5. The predicted molar refractivity (Wildman–Crippen MR) is 90.5 cm³/mol. The van der Waals surface area contributed by atoms with Crippen molar-refractivity contribution in [3.05, 3.63) is 48.0 Å². The lowest BCUT2D eigenvalue weighted by Crippen LogP contribution is -2.46. The highest BCUT2D eigenvalue weighted by Crippen LogP contribution is 2.11. The molecule has 0 saturated carbocycles. The molecular weight excluding hydrogens is 310 g/mol. The quantitative estimate of drug-likeness (QED) is 0.615. The van der Waals surface area contributed by atoms with Crippen LogP contribution in [0, 0.1) is 0 Å². The van der Waals surface area contributed by atoms with Crippen molar-refractivity contribution >= 4 is 12.1 Å². The Morgan fingerprint density at radius 3 is 2.42 bits per heavy atom. The number of ether oxygens (including phenoxy) is 2. The second kappa shape index (κ2) is 9.08. The van der Waals surface area contributed by atoms with Crippen molar-refractivity contribution in [1.82, 2.24) is 5.32 Å². The molecule has 132 valence electrons. The topological polar surface area (TPSA) is 84.9 Å². The van der Waals surface area contributed by atoms with Crippen LogP contribution in [0.25, 0.3) is 0 Å². The van der Waals surface area contributed by atoms with Gasteiger partial charge < -0.3 is 19.9 Å². The van der Waals surface area contributed by atoms with E-state index in [1.165, 1.54) is 13.2 Å². The Labute approximate surface area is 142 Å². The first-order valence-corrected chi connectivity index (χ1v) is 7.69. The number of aliphatic hydroxyl groups excluding tert-OH is 1. The maximum absolute atomic E-state index is 12.0. The van der Waals surface area contributed by atoms with Crippen LogP contribution in [0.5, 0.6) is 0 Å². The SMILES string of the molecule is COC(=O)C=C[C@H](O)[C@H](Cc1ccccc1)NC(=O)OC(C)(C)C. The van der Waals surface area contributed by atoms with Crippen molar-refractivity contribution in [2.24, 2.45) is 0 Å². The Balaban J connectivity index is 2.84. The van der Waals surface area contributed by atoms with Crippen LogP contribution in [0.15, 0.2) is 42.5 Å². The Hall–Kier alpha value is -2.34. The fourth-order valence-electron chi connectivity index (χ4n) is 1.96. The number of esters is 1. The van der Waals surface area contributed by atoms with Crippen LogP contribution in [-0.4, -0.2) is 42.0 Å². The van der Waals surface area contributed by atoms with Crippen molar-refractivity contribution in [3.63, 3.8) is 0 Å². The highest BCUT2D eigenvalue weighted by atomic mass is 16.6. The number of hydrogen-bond donors (Lipinski definition) is 2. The van der Waals surface area contributed by atoms with Gasteiger partial charge in [-0.2, -0.15) is 0 Å². The summed E-state index contributed by atoms with van der Waals surface area (Å²) >= 11 is 0. The minimum Gasteiger partial charge on any atom is -0.466 e. The van der Waals surface area contributed by atoms with Gasteiger partial charge in [0.15, 0.2) is 0 Å². The summed E-state index contributed by atoms with van der Waals surface area (Å²) in [5, 5.41) is 12.9. The lowest BCUT2D eigenvalue weighted by Gasteiger charge is -2.25. The second-order valence-electron chi connectivity index (χ2n) is 6.32. The Bertz CT molecular complexity index is 563. The molecule has 0 unspecified atom stereocenters. The van der Waals surface area contributed by atoms with Crippen LogP contribution in [0.2, 0.25) is 0 Å². The Morgan fingerprint density at radius 1 is 1.25 bits per heavy atom. The van der Waals surface area contributed by atoms with Gasteiger partial charge in [-0.3, -0.25) is 0 Å². The molecule has 0 saturated heterocycles. The summed E-state index contributed by atoms with van der Waals surface area (Å²) in [6.07, 6.45) is 1.09. The lowest BCUT2D eigenvalue weighted by atomic mass is 10.0. The molecular formula is C18H25NO5. The number of alkyl carbamates (subject to hydrolysis) is 1. The molecule has 1 rings (SSSR count). The number of aliphatic hydroxyl groups is 1. The summed E-state index contributed by atoms with van der Waals surface area (Å²) in [5.74, 6) is -0.579. The number of amides is 1. The minimum atomic E-state index is -1.07. The van der Waals surface area contributed by atoms with Crippen LogP contribution in [-0.2, 0) is 20.7 Å². The number of hydrogen-bond acceptors (Lipinski definition) is 5. The molecule has 1 amide bonds. The van der Waals surface area contributed by atoms with Crippen LogP contribution < -0.4 is 5.32 Å². The highest BCUT2D eigenvalue weighted by molar-refractivity contribution is 5.81. The molecule has 1 aromatic carbocycles. The average Bonchev–Trinajstić information content (AvgIpc) is 2.50. The van der Waals surface area contributed by atoms with E-state index in [0.717, 1.165) is 11.6 Å². The first-order chi connectivity index (χ1) is 11.2. The van der Waals surface area contributed by atoms with Gasteiger partial charge in [-0.15, -0.1) is 0 Å². The van der Waals surface area contributed by atoms with E-state index in [9.17, 15) is 14.7 Å². The number of nitrogens with one attached hydrogen (secondary N) is 1. The van der Waals surface area contributed by atoms with Gasteiger partial charge in [-0.05, 0) is 38.8 Å². The number of rotatable bonds is 6. The van der Waals surface area contributed by atoms with Gasteiger partial charge in [-0.1, -0.05) is 30.3 Å². The second-order valence-corrected chi connectivity index (χ2v) is 6.32. The smallest absolute Gasteiger partial charge is 0.407 e. The number of carbonyl (C=O) groups is 2. The van der Waals surface area contributed by atoms with E-state index in [0.29, 0.717) is 6.42 Å². The summed E-state index contributed by atoms with van der Waals surface area (Å²) in [5.41, 5.74) is 0.290. The first kappa shape index (κ1) is 19.7. The molecule has 0 aliphatic heterocycles. The van der Waals surface area contributed by atoms with E-state index in [1.807, 2.05) is 30.3 Å². The molecule has 6 heteroatoms. The molecule has 0 radical (unpaired) electrons. The van der Waals surface area contributed by atoms with Crippen LogP contribution in [0.4, 0.5) is 4.79 Å². The fraction of sp³-hybridized carbons (Fsp3) is 0.444. The third-order valence-electron chi connectivity index (χ3n) is 3.04. The normalized spacial score (nSPS) is 14.0. The van der Waals surface area contributed by atoms with Crippen LogP contribution in [0.3, 0.4) is 0 Å². The van der Waals surface area contributed by atoms with E-state index in [2.05, 4.69) is 10.1 Å². The van der Waals surface area contributed by atoms with Crippen LogP contribution in [0.1, 0.15) is 26.3 Å². The molecule has 0 bridgehead atoms. The van der Waals surface area contributed by atoms with Gasteiger partial charge in [0.1, 0.15) is 5.60 Å². The van der Waals surface area contributed by atoms with Gasteiger partial charge in [0.05, 0.1) is 19.3 Å². The highest BCUT2D eigenvalue weighted by Gasteiger charge is 2.23. The van der Waals surface area contributed by atoms with Crippen molar-refractivity contribution in [3.8, 4) is 0 Å². The molecule has 0 heterocycles. The third kappa shape index (κ3) is 7.78. The van der Waals surface area contributed by atoms with Crippen molar-refractivity contribution < 1.29 is 24.2 Å². The van der Waals surface area contributed by atoms with Gasteiger partial charge in [-0.25, -0.2) is 9.59 Å². The average molecular weight is 335 g/mol. The molecule has 2 N–H and O–H groups in total. The Morgan fingerprint density at radius 2 is 1.88 bits per heavy atom. The molecule has 0 fully saturated rings. The molecule has 6 nitrogen and oxygen atoms in total. The standard InChI is InChI=1S/C18H25NO5/c1-18(2,3)24-17(22)19-14(12-13-8-6-5-7-9-13)15(20)10-11-16(21)23-4/h5-11,14-15,20H,12H2,1-4H3,(H,19,22)/t14-,15-/m0/s1. The minimum absolute atomic E-state index is 0.382. The van der Waals surface area contributed by atoms with Crippen molar-refractivity contribution in [1.29, 1.82) is 0 Å². The predicted octanol–water partition coefficient (Wildman–Crippen LogP) is 2.21. The summed E-state index contributed by atoms with van der Waals surface area (Å²) in [6, 6.07) is 8.75. The Kier molecular flexibility index (Phi) is 7.45. The number of carbonyl (C=O) groups excluding carboxylic acids is 2. The van der Waals surface area contributed by atoms with Gasteiger partial charge in [0, 0.05) is 6.08 Å². The van der Waals surface area contributed by atoms with Crippen molar-refractivity contribution in [2.75, 3.05) is 7.11 Å². The lowest BCUT2D eigenvalue weighted by molar-refractivity contribution is -0.134. The molecule has 1 aromatic rings. The fourth-order valence-corrected chi connectivity index (χ4v) is 1.96. The molecule has 2 atom stereocenters. The third-order valence-corrected chi connectivity index (χ3v) is 3.04. The largest absolute Gasteiger partial charge is 0.466 e. The maximum Gasteiger partial charge on any atom is 0.407 e. The van der Waals surface area contributed by atoms with E-state index in [1.54, 1.807) is 20.8 Å². The zero-order chi connectivity index (χ0) is 18.2. The summed E-state index contributed by atoms with van der Waals surface area (Å²) in [6.45, 7) is 5.27. The van der Waals surface area contributed by atoms with Gasteiger partial charge >= 0.3 is 12.1 Å². The first-order valence-electron chi connectivity index (χ1n) is 7.69. The number of benzene rings is 1. The number of methoxy groups -OCH3 is 1. The van der Waals surface area contributed by atoms with E-state index >= 15 is 0 Å². The zero-order valence-corrected chi connectivity index (χ0v) is 14.5. The van der Waals surface area contributed by atoms with E-state index in [-0.39, 0.29) is 0 Å². The molecule has 0 aliphatic carbocycles. The molecule has 0 aromatic heterocycles. The monoisotopic (exact) mass is 335 g/mol. The molecule has 0 aliphatic rings.